The smallest absolute Gasteiger partial charge is 0.318 e. The van der Waals surface area contributed by atoms with E-state index in [-0.39, 0.29) is 0 Å². The number of nitrogens with zero attached hydrogens (tertiary/aromatic N) is 3. The summed E-state index contributed by atoms with van der Waals surface area (Å²) in [7, 11) is 0. The van der Waals surface area contributed by atoms with Gasteiger partial charge in [-0.2, -0.15) is 0 Å². The van der Waals surface area contributed by atoms with Crippen LogP contribution in [0.25, 0.3) is 0 Å². The Hall–Kier alpha value is -1.10. The van der Waals surface area contributed by atoms with Crippen LogP contribution < -0.4 is 10.2 Å². The first-order valence-electron chi connectivity index (χ1n) is 4.55. The Morgan fingerprint density at radius 1 is 1.54 bits per heavy atom. The summed E-state index contributed by atoms with van der Waals surface area (Å²) in [6.07, 6.45) is 0. The highest BCUT2D eigenvalue weighted by Crippen LogP contribution is 2.15. The molecule has 2 heterocycles. The zero-order valence-electron chi connectivity index (χ0n) is 7.95. The normalized spacial score (nSPS) is 23.5. The van der Waals surface area contributed by atoms with E-state index in [1.807, 2.05) is 6.92 Å². The van der Waals surface area contributed by atoms with Crippen LogP contribution in [0.2, 0.25) is 0 Å². The van der Waals surface area contributed by atoms with Crippen LogP contribution in [0.5, 0.6) is 0 Å². The van der Waals surface area contributed by atoms with Crippen molar-refractivity contribution in [2.24, 2.45) is 0 Å². The summed E-state index contributed by atoms with van der Waals surface area (Å²) in [5, 5.41) is 11.1. The molecule has 0 aliphatic carbocycles. The molecule has 0 bridgehead atoms. The van der Waals surface area contributed by atoms with Gasteiger partial charge in [0.1, 0.15) is 0 Å². The third-order valence-electron chi connectivity index (χ3n) is 2.26. The molecule has 1 aliphatic rings. The van der Waals surface area contributed by atoms with Crippen LogP contribution in [0, 0.1) is 6.92 Å². The van der Waals surface area contributed by atoms with E-state index < -0.39 is 0 Å². The number of hydrogen-bond donors (Lipinski definition) is 1. The number of anilines is 1. The monoisotopic (exact) mass is 182 g/mol. The standard InChI is InChI=1S/C8H14N4O/c1-6-5-9-3-4-12(6)8-11-10-7(2)13-8/h6,9H,3-5H2,1-2H3/t6-/m0/s1. The minimum atomic E-state index is 0.425. The average Bonchev–Trinajstić information content (AvgIpc) is 2.53. The van der Waals surface area contributed by atoms with Gasteiger partial charge in [-0.3, -0.25) is 0 Å². The number of aromatic nitrogens is 2. The molecule has 5 heteroatoms. The van der Waals surface area contributed by atoms with Crippen molar-refractivity contribution in [3.05, 3.63) is 5.89 Å². The molecule has 72 valence electrons. The van der Waals surface area contributed by atoms with E-state index in [4.69, 9.17) is 4.42 Å². The third-order valence-corrected chi connectivity index (χ3v) is 2.26. The summed E-state index contributed by atoms with van der Waals surface area (Å²) in [6, 6.07) is 1.07. The van der Waals surface area contributed by atoms with E-state index in [2.05, 4.69) is 27.3 Å². The predicted molar refractivity (Wildman–Crippen MR) is 48.7 cm³/mol. The molecule has 0 amide bonds. The Kier molecular flexibility index (Phi) is 2.18. The van der Waals surface area contributed by atoms with Crippen LogP contribution in [-0.2, 0) is 0 Å². The van der Waals surface area contributed by atoms with Crippen molar-refractivity contribution in [2.75, 3.05) is 24.5 Å². The van der Waals surface area contributed by atoms with Gasteiger partial charge < -0.3 is 14.6 Å². The van der Waals surface area contributed by atoms with Crippen LogP contribution in [0.15, 0.2) is 4.42 Å². The Morgan fingerprint density at radius 2 is 2.38 bits per heavy atom. The molecule has 0 radical (unpaired) electrons. The highest BCUT2D eigenvalue weighted by atomic mass is 16.4. The van der Waals surface area contributed by atoms with Crippen molar-refractivity contribution in [3.63, 3.8) is 0 Å². The van der Waals surface area contributed by atoms with Crippen LogP contribution in [0.1, 0.15) is 12.8 Å². The summed E-state index contributed by atoms with van der Waals surface area (Å²) < 4.78 is 5.37. The van der Waals surface area contributed by atoms with Crippen LogP contribution >= 0.6 is 0 Å². The Morgan fingerprint density at radius 3 is 3.00 bits per heavy atom. The summed E-state index contributed by atoms with van der Waals surface area (Å²) in [5.74, 6) is 0.626. The Labute approximate surface area is 77.1 Å². The van der Waals surface area contributed by atoms with Gasteiger partial charge in [0.15, 0.2) is 0 Å². The minimum Gasteiger partial charge on any atom is -0.408 e. The fourth-order valence-corrected chi connectivity index (χ4v) is 1.53. The van der Waals surface area contributed by atoms with E-state index in [0.717, 1.165) is 19.6 Å². The maximum Gasteiger partial charge on any atom is 0.318 e. The molecular weight excluding hydrogens is 168 g/mol. The first-order valence-corrected chi connectivity index (χ1v) is 4.55. The molecule has 1 aromatic heterocycles. The van der Waals surface area contributed by atoms with Gasteiger partial charge in [-0.15, -0.1) is 5.10 Å². The van der Waals surface area contributed by atoms with Gasteiger partial charge in [-0.25, -0.2) is 0 Å². The molecule has 0 aromatic carbocycles. The third kappa shape index (κ3) is 1.65. The summed E-state index contributed by atoms with van der Waals surface area (Å²) in [4.78, 5) is 2.14. The zero-order chi connectivity index (χ0) is 9.26. The number of aryl methyl sites for hydroxylation is 1. The molecule has 1 fully saturated rings. The summed E-state index contributed by atoms with van der Waals surface area (Å²) >= 11 is 0. The minimum absolute atomic E-state index is 0.425. The maximum absolute atomic E-state index is 5.37. The van der Waals surface area contributed by atoms with Crippen LogP contribution in [-0.4, -0.2) is 35.9 Å². The number of piperazine rings is 1. The number of rotatable bonds is 1. The molecule has 2 rings (SSSR count). The molecule has 1 aromatic rings. The van der Waals surface area contributed by atoms with Crippen LogP contribution in [0.3, 0.4) is 0 Å². The van der Waals surface area contributed by atoms with Gasteiger partial charge in [0, 0.05) is 32.6 Å². The van der Waals surface area contributed by atoms with Gasteiger partial charge >= 0.3 is 6.01 Å². The highest BCUT2D eigenvalue weighted by molar-refractivity contribution is 5.27. The first-order chi connectivity index (χ1) is 6.27. The predicted octanol–water partition coefficient (Wildman–Crippen LogP) is 0.176. The fourth-order valence-electron chi connectivity index (χ4n) is 1.53. The lowest BCUT2D eigenvalue weighted by Gasteiger charge is -2.32. The lowest BCUT2D eigenvalue weighted by molar-refractivity contribution is 0.437. The van der Waals surface area contributed by atoms with E-state index in [0.29, 0.717) is 17.9 Å². The molecule has 13 heavy (non-hydrogen) atoms. The summed E-state index contributed by atoms with van der Waals surface area (Å²) in [5.41, 5.74) is 0. The molecule has 0 spiro atoms. The molecule has 1 N–H and O–H groups in total. The summed E-state index contributed by atoms with van der Waals surface area (Å²) in [6.45, 7) is 6.84. The average molecular weight is 182 g/mol. The van der Waals surface area contributed by atoms with E-state index in [1.165, 1.54) is 0 Å². The van der Waals surface area contributed by atoms with E-state index in [1.54, 1.807) is 0 Å². The second kappa shape index (κ2) is 3.33. The second-order valence-corrected chi connectivity index (χ2v) is 3.35. The van der Waals surface area contributed by atoms with E-state index >= 15 is 0 Å². The molecular formula is C8H14N4O. The molecule has 5 nitrogen and oxygen atoms in total. The molecule has 0 unspecified atom stereocenters. The first kappa shape index (κ1) is 8.50. The Bertz CT molecular complexity index is 285. The van der Waals surface area contributed by atoms with Crippen molar-refractivity contribution >= 4 is 6.01 Å². The van der Waals surface area contributed by atoms with Crippen molar-refractivity contribution in [2.45, 2.75) is 19.9 Å². The van der Waals surface area contributed by atoms with Crippen molar-refractivity contribution < 1.29 is 4.42 Å². The topological polar surface area (TPSA) is 54.2 Å². The SMILES string of the molecule is Cc1nnc(N2CCNC[C@@H]2C)o1. The van der Waals surface area contributed by atoms with Gasteiger partial charge in [0.05, 0.1) is 0 Å². The second-order valence-electron chi connectivity index (χ2n) is 3.35. The Balaban J connectivity index is 2.14. The highest BCUT2D eigenvalue weighted by Gasteiger charge is 2.22. The van der Waals surface area contributed by atoms with Crippen molar-refractivity contribution in [3.8, 4) is 0 Å². The molecule has 0 saturated carbocycles. The van der Waals surface area contributed by atoms with E-state index in [9.17, 15) is 0 Å². The zero-order valence-corrected chi connectivity index (χ0v) is 7.95. The van der Waals surface area contributed by atoms with Gasteiger partial charge in [0.2, 0.25) is 5.89 Å². The maximum atomic E-state index is 5.37. The molecule has 1 saturated heterocycles. The van der Waals surface area contributed by atoms with Crippen molar-refractivity contribution in [1.29, 1.82) is 0 Å². The van der Waals surface area contributed by atoms with Crippen LogP contribution in [0.4, 0.5) is 6.01 Å². The molecule has 1 atom stereocenters. The fraction of sp³-hybridized carbons (Fsp3) is 0.750. The lowest BCUT2D eigenvalue weighted by Crippen LogP contribution is -2.50. The number of hydrogen-bond acceptors (Lipinski definition) is 5. The quantitative estimate of drug-likeness (QED) is 0.671. The van der Waals surface area contributed by atoms with Crippen molar-refractivity contribution in [1.82, 2.24) is 15.5 Å². The van der Waals surface area contributed by atoms with Gasteiger partial charge in [-0.05, 0) is 6.92 Å². The number of nitrogens with one attached hydrogen (secondary N) is 1. The lowest BCUT2D eigenvalue weighted by atomic mass is 10.2. The largest absolute Gasteiger partial charge is 0.408 e. The molecule has 1 aliphatic heterocycles. The van der Waals surface area contributed by atoms with Gasteiger partial charge in [0.25, 0.3) is 0 Å². The van der Waals surface area contributed by atoms with Gasteiger partial charge in [-0.1, -0.05) is 5.10 Å².